The Bertz CT molecular complexity index is 757. The number of aromatic nitrogens is 2. The van der Waals surface area contributed by atoms with Gasteiger partial charge in [0.15, 0.2) is 12.5 Å². The van der Waals surface area contributed by atoms with E-state index in [1.807, 2.05) is 0 Å². The van der Waals surface area contributed by atoms with Crippen molar-refractivity contribution in [3.63, 3.8) is 0 Å². The number of anilines is 1. The smallest absolute Gasteiger partial charge is 0.433 e. The maximum absolute atomic E-state index is 14.3. The minimum Gasteiger partial charge on any atom is -0.469 e. The zero-order valence-electron chi connectivity index (χ0n) is 11.5. The van der Waals surface area contributed by atoms with Crippen molar-refractivity contribution in [2.75, 3.05) is 18.7 Å². The van der Waals surface area contributed by atoms with Crippen LogP contribution in [-0.4, -0.2) is 23.6 Å². The van der Waals surface area contributed by atoms with Crippen LogP contribution in [0.1, 0.15) is 5.69 Å². The lowest BCUT2D eigenvalue weighted by atomic mass is 10.1. The van der Waals surface area contributed by atoms with Crippen LogP contribution in [0.15, 0.2) is 12.1 Å². The van der Waals surface area contributed by atoms with Gasteiger partial charge in [0, 0.05) is 14.1 Å². The molecule has 1 aliphatic rings. The van der Waals surface area contributed by atoms with Crippen LogP contribution >= 0.6 is 11.6 Å². The predicted octanol–water partition coefficient (Wildman–Crippen LogP) is 3.68. The Balaban J connectivity index is 2.24. The zero-order valence-corrected chi connectivity index (χ0v) is 12.3. The van der Waals surface area contributed by atoms with E-state index in [9.17, 15) is 17.6 Å². The van der Waals surface area contributed by atoms with Gasteiger partial charge in [-0.1, -0.05) is 11.6 Å². The van der Waals surface area contributed by atoms with Gasteiger partial charge in [0.05, 0.1) is 22.0 Å². The van der Waals surface area contributed by atoms with Crippen molar-refractivity contribution in [1.29, 1.82) is 0 Å². The molecule has 4 nitrogen and oxygen atoms in total. The number of nitrogens with zero attached hydrogens (tertiary/aromatic N) is 3. The Labute approximate surface area is 127 Å². The number of fused-ring (bicyclic) bond motifs is 1. The summed E-state index contributed by atoms with van der Waals surface area (Å²) in [6.07, 6.45) is -4.57. The fourth-order valence-corrected chi connectivity index (χ4v) is 2.65. The quantitative estimate of drug-likeness (QED) is 0.745. The third-order valence-corrected chi connectivity index (χ3v) is 3.65. The summed E-state index contributed by atoms with van der Waals surface area (Å²) in [5, 5.41) is 3.84. The molecule has 0 bridgehead atoms. The van der Waals surface area contributed by atoms with Gasteiger partial charge in [-0.2, -0.15) is 18.3 Å². The number of benzene rings is 1. The average molecular weight is 336 g/mol. The number of ether oxygens (including phenoxy) is 1. The molecule has 0 spiro atoms. The van der Waals surface area contributed by atoms with E-state index in [2.05, 4.69) is 5.10 Å². The highest BCUT2D eigenvalue weighted by Crippen LogP contribution is 2.47. The van der Waals surface area contributed by atoms with Crippen LogP contribution < -0.4 is 9.64 Å². The van der Waals surface area contributed by atoms with E-state index in [4.69, 9.17) is 16.3 Å². The molecule has 0 fully saturated rings. The molecule has 22 heavy (non-hydrogen) atoms. The van der Waals surface area contributed by atoms with Crippen LogP contribution in [0.4, 0.5) is 23.2 Å². The second kappa shape index (κ2) is 4.77. The third-order valence-electron chi connectivity index (χ3n) is 3.37. The van der Waals surface area contributed by atoms with Crippen molar-refractivity contribution in [3.8, 4) is 17.0 Å². The van der Waals surface area contributed by atoms with Crippen LogP contribution in [0.2, 0.25) is 5.02 Å². The number of alkyl halides is 3. The lowest BCUT2D eigenvalue weighted by Crippen LogP contribution is -2.15. The molecule has 1 aliphatic heterocycles. The highest BCUT2D eigenvalue weighted by atomic mass is 35.5. The van der Waals surface area contributed by atoms with Crippen LogP contribution in [0.25, 0.3) is 11.3 Å². The molecule has 0 atom stereocenters. The Morgan fingerprint density at radius 1 is 1.27 bits per heavy atom. The van der Waals surface area contributed by atoms with Gasteiger partial charge in [0.25, 0.3) is 0 Å². The molecule has 0 aliphatic carbocycles. The molecule has 1 aromatic carbocycles. The molecule has 3 rings (SSSR count). The molecule has 0 radical (unpaired) electrons. The first-order valence-corrected chi connectivity index (χ1v) is 6.55. The second-order valence-electron chi connectivity index (χ2n) is 4.90. The first kappa shape index (κ1) is 15.0. The third kappa shape index (κ3) is 2.18. The molecule has 0 saturated carbocycles. The minimum absolute atomic E-state index is 0.0626. The normalized spacial score (nSPS) is 14.2. The van der Waals surface area contributed by atoms with Crippen molar-refractivity contribution in [1.82, 2.24) is 9.78 Å². The van der Waals surface area contributed by atoms with Gasteiger partial charge in [-0.15, -0.1) is 0 Å². The van der Waals surface area contributed by atoms with Gasteiger partial charge in [0.1, 0.15) is 11.5 Å². The molecule has 2 heterocycles. The van der Waals surface area contributed by atoms with E-state index >= 15 is 0 Å². The van der Waals surface area contributed by atoms with E-state index in [1.54, 1.807) is 11.9 Å². The number of hydrogen-bond donors (Lipinski definition) is 0. The Kier molecular flexibility index (Phi) is 3.24. The summed E-state index contributed by atoms with van der Waals surface area (Å²) in [6.45, 7) is 0.129. The second-order valence-corrected chi connectivity index (χ2v) is 5.31. The van der Waals surface area contributed by atoms with Crippen molar-refractivity contribution in [3.05, 3.63) is 28.7 Å². The highest BCUT2D eigenvalue weighted by Gasteiger charge is 2.36. The Morgan fingerprint density at radius 3 is 2.55 bits per heavy atom. The zero-order chi connectivity index (χ0) is 16.2. The summed E-state index contributed by atoms with van der Waals surface area (Å²) in [6, 6.07) is 1.82. The number of rotatable bonds is 1. The molecule has 2 aromatic rings. The fourth-order valence-electron chi connectivity index (χ4n) is 2.41. The van der Waals surface area contributed by atoms with Crippen LogP contribution in [-0.2, 0) is 13.2 Å². The summed E-state index contributed by atoms with van der Waals surface area (Å²) in [4.78, 5) is 1.56. The van der Waals surface area contributed by atoms with Crippen molar-refractivity contribution in [2.45, 2.75) is 6.18 Å². The van der Waals surface area contributed by atoms with Gasteiger partial charge in [0.2, 0.25) is 0 Å². The van der Waals surface area contributed by atoms with Crippen molar-refractivity contribution in [2.24, 2.45) is 7.05 Å². The van der Waals surface area contributed by atoms with E-state index < -0.39 is 17.7 Å². The standard InChI is InChI=1S/C13H10ClF4N3O/c1-20-5-22-12-6(14)3-7(15)10(11(12)20)8-4-9(13(16,17)18)21(2)19-8/h3-4H,5H2,1-2H3. The average Bonchev–Trinajstić information content (AvgIpc) is 2.94. The summed E-state index contributed by atoms with van der Waals surface area (Å²) in [5.41, 5.74) is -0.868. The number of hydrogen-bond acceptors (Lipinski definition) is 3. The molecule has 1 aromatic heterocycles. The Morgan fingerprint density at radius 2 is 1.95 bits per heavy atom. The van der Waals surface area contributed by atoms with Crippen molar-refractivity contribution >= 4 is 17.3 Å². The molecule has 0 N–H and O–H groups in total. The molecular formula is C13H10ClF4N3O. The minimum atomic E-state index is -4.57. The van der Waals surface area contributed by atoms with E-state index in [1.165, 1.54) is 0 Å². The van der Waals surface area contributed by atoms with E-state index in [0.717, 1.165) is 19.2 Å². The van der Waals surface area contributed by atoms with E-state index in [0.29, 0.717) is 4.68 Å². The number of aryl methyl sites for hydroxylation is 1. The molecule has 0 saturated heterocycles. The molecular weight excluding hydrogens is 326 g/mol. The van der Waals surface area contributed by atoms with Gasteiger partial charge in [-0.25, -0.2) is 4.39 Å². The van der Waals surface area contributed by atoms with Crippen LogP contribution in [0, 0.1) is 5.82 Å². The summed E-state index contributed by atoms with van der Waals surface area (Å²) in [7, 11) is 2.78. The monoisotopic (exact) mass is 335 g/mol. The molecule has 118 valence electrons. The van der Waals surface area contributed by atoms with Gasteiger partial charge >= 0.3 is 6.18 Å². The lowest BCUT2D eigenvalue weighted by molar-refractivity contribution is -0.143. The van der Waals surface area contributed by atoms with Crippen LogP contribution in [0.3, 0.4) is 0 Å². The Hall–Kier alpha value is -1.96. The maximum atomic E-state index is 14.3. The van der Waals surface area contributed by atoms with Gasteiger partial charge in [-0.3, -0.25) is 4.68 Å². The fraction of sp³-hybridized carbons (Fsp3) is 0.308. The van der Waals surface area contributed by atoms with Crippen molar-refractivity contribution < 1.29 is 22.3 Å². The first-order chi connectivity index (χ1) is 10.2. The van der Waals surface area contributed by atoms with E-state index in [-0.39, 0.29) is 34.4 Å². The predicted molar refractivity (Wildman–Crippen MR) is 72.5 cm³/mol. The maximum Gasteiger partial charge on any atom is 0.433 e. The largest absolute Gasteiger partial charge is 0.469 e. The SMILES string of the molecule is CN1COc2c(Cl)cc(F)c(-c3cc(C(F)(F)F)n(C)n3)c21. The molecule has 0 unspecified atom stereocenters. The topological polar surface area (TPSA) is 30.3 Å². The molecule has 9 heteroatoms. The summed E-state index contributed by atoms with van der Waals surface area (Å²) in [5.74, 6) is -0.521. The number of halogens is 5. The highest BCUT2D eigenvalue weighted by molar-refractivity contribution is 6.33. The van der Waals surface area contributed by atoms with Crippen LogP contribution in [0.5, 0.6) is 5.75 Å². The first-order valence-electron chi connectivity index (χ1n) is 6.17. The van der Waals surface area contributed by atoms with Gasteiger partial charge in [-0.05, 0) is 12.1 Å². The molecule has 0 amide bonds. The summed E-state index contributed by atoms with van der Waals surface area (Å²) >= 11 is 5.91. The van der Waals surface area contributed by atoms with Gasteiger partial charge < -0.3 is 9.64 Å². The summed E-state index contributed by atoms with van der Waals surface area (Å²) < 4.78 is 59.0. The lowest BCUT2D eigenvalue weighted by Gasteiger charge is -2.13.